The molecule has 1 aliphatic rings. The van der Waals surface area contributed by atoms with Gasteiger partial charge in [-0.3, -0.25) is 4.79 Å². The minimum absolute atomic E-state index is 0.108. The number of carbonyl (C=O) groups excluding carboxylic acids is 1. The van der Waals surface area contributed by atoms with Gasteiger partial charge in [-0.15, -0.1) is 0 Å². The van der Waals surface area contributed by atoms with Crippen molar-refractivity contribution < 1.29 is 4.79 Å². The van der Waals surface area contributed by atoms with E-state index >= 15 is 0 Å². The molecule has 0 aromatic rings. The number of carbonyl (C=O) groups is 1. The molecule has 1 N–H and O–H groups in total. The summed E-state index contributed by atoms with van der Waals surface area (Å²) in [6.07, 6.45) is 3.62. The Kier molecular flexibility index (Phi) is 4.97. The number of nitrogens with one attached hydrogen (secondary N) is 1. The Morgan fingerprint density at radius 3 is 2.73 bits per heavy atom. The summed E-state index contributed by atoms with van der Waals surface area (Å²) in [4.78, 5) is 11.8. The van der Waals surface area contributed by atoms with Crippen molar-refractivity contribution in [2.75, 3.05) is 5.75 Å². The first-order valence-corrected chi connectivity index (χ1v) is 7.40. The van der Waals surface area contributed by atoms with Crippen molar-refractivity contribution >= 4 is 33.6 Å². The number of alkyl halides is 1. The minimum atomic E-state index is -0.447. The highest BCUT2D eigenvalue weighted by Gasteiger charge is 2.32. The molecule has 0 aromatic heterocycles. The van der Waals surface area contributed by atoms with E-state index in [1.807, 2.05) is 25.6 Å². The maximum Gasteiger partial charge on any atom is 0.236 e. The second kappa shape index (κ2) is 5.58. The summed E-state index contributed by atoms with van der Waals surface area (Å²) in [6, 6.07) is 0.374. The molecule has 1 aliphatic carbocycles. The van der Waals surface area contributed by atoms with Crippen LogP contribution in [0.25, 0.3) is 0 Å². The zero-order valence-corrected chi connectivity index (χ0v) is 12.1. The molecule has 88 valence electrons. The van der Waals surface area contributed by atoms with Gasteiger partial charge in [-0.1, -0.05) is 29.3 Å². The summed E-state index contributed by atoms with van der Waals surface area (Å²) in [5.41, 5.74) is 0. The Balaban J connectivity index is 2.47. The first kappa shape index (κ1) is 13.4. The van der Waals surface area contributed by atoms with Crippen LogP contribution in [0.15, 0.2) is 0 Å². The van der Waals surface area contributed by atoms with Crippen LogP contribution in [0.3, 0.4) is 0 Å². The van der Waals surface area contributed by atoms with Gasteiger partial charge in [0.1, 0.15) is 0 Å². The topological polar surface area (TPSA) is 29.1 Å². The Labute approximate surface area is 105 Å². The molecule has 1 fully saturated rings. The molecule has 0 heterocycles. The van der Waals surface area contributed by atoms with Gasteiger partial charge >= 0.3 is 0 Å². The fourth-order valence-corrected chi connectivity index (χ4v) is 3.16. The Hall–Kier alpha value is 0.300. The molecule has 4 heteroatoms. The third-order valence-electron chi connectivity index (χ3n) is 2.69. The lowest BCUT2D eigenvalue weighted by Crippen LogP contribution is -2.45. The Morgan fingerprint density at radius 2 is 2.20 bits per heavy atom. The van der Waals surface area contributed by atoms with E-state index in [4.69, 9.17) is 0 Å². The molecule has 15 heavy (non-hydrogen) atoms. The fourth-order valence-electron chi connectivity index (χ4n) is 1.84. The molecule has 0 aliphatic heterocycles. The van der Waals surface area contributed by atoms with Crippen LogP contribution >= 0.6 is 27.7 Å². The third kappa shape index (κ3) is 3.99. The van der Waals surface area contributed by atoms with Gasteiger partial charge in [0, 0.05) is 11.3 Å². The number of rotatable bonds is 4. The van der Waals surface area contributed by atoms with Gasteiger partial charge in [0.15, 0.2) is 0 Å². The van der Waals surface area contributed by atoms with Gasteiger partial charge < -0.3 is 5.32 Å². The van der Waals surface area contributed by atoms with E-state index in [1.165, 1.54) is 12.8 Å². The molecule has 0 bridgehead atoms. The zero-order valence-electron chi connectivity index (χ0n) is 9.68. The van der Waals surface area contributed by atoms with Crippen LogP contribution in [0.5, 0.6) is 0 Å². The van der Waals surface area contributed by atoms with E-state index in [-0.39, 0.29) is 5.91 Å². The van der Waals surface area contributed by atoms with Gasteiger partial charge in [-0.05, 0) is 32.4 Å². The van der Waals surface area contributed by atoms with E-state index in [0.717, 1.165) is 12.2 Å². The molecular weight excluding hydrogens is 274 g/mol. The zero-order chi connectivity index (χ0) is 11.5. The fraction of sp³-hybridized carbons (Fsp3) is 0.909. The maximum absolute atomic E-state index is 11.8. The van der Waals surface area contributed by atoms with Gasteiger partial charge in [0.25, 0.3) is 0 Å². The molecule has 1 rings (SSSR count). The van der Waals surface area contributed by atoms with Crippen LogP contribution in [0, 0.1) is 0 Å². The summed E-state index contributed by atoms with van der Waals surface area (Å²) in [7, 11) is 0. The second-order valence-electron chi connectivity index (χ2n) is 4.48. The lowest BCUT2D eigenvalue weighted by molar-refractivity contribution is -0.123. The monoisotopic (exact) mass is 293 g/mol. The van der Waals surface area contributed by atoms with Crippen LogP contribution in [0.2, 0.25) is 0 Å². The quantitative estimate of drug-likeness (QED) is 0.808. The summed E-state index contributed by atoms with van der Waals surface area (Å²) in [5, 5.41) is 3.77. The smallest absolute Gasteiger partial charge is 0.236 e. The molecule has 0 radical (unpaired) electrons. The van der Waals surface area contributed by atoms with Crippen LogP contribution < -0.4 is 5.32 Å². The Bertz CT molecular complexity index is 227. The second-order valence-corrected chi connectivity index (χ2v) is 7.98. The van der Waals surface area contributed by atoms with Crippen LogP contribution in [0.1, 0.15) is 40.0 Å². The number of hydrogen-bond donors (Lipinski definition) is 1. The van der Waals surface area contributed by atoms with Crippen molar-refractivity contribution in [1.29, 1.82) is 0 Å². The van der Waals surface area contributed by atoms with E-state index in [1.54, 1.807) is 0 Å². The van der Waals surface area contributed by atoms with E-state index in [9.17, 15) is 4.79 Å². The summed E-state index contributed by atoms with van der Waals surface area (Å²) < 4.78 is -0.447. The number of halogens is 1. The highest BCUT2D eigenvalue weighted by atomic mass is 79.9. The predicted octanol–water partition coefficient (Wildman–Crippen LogP) is 2.95. The molecule has 2 atom stereocenters. The Morgan fingerprint density at radius 1 is 1.53 bits per heavy atom. The largest absolute Gasteiger partial charge is 0.351 e. The van der Waals surface area contributed by atoms with Crippen molar-refractivity contribution in [2.24, 2.45) is 0 Å². The van der Waals surface area contributed by atoms with Crippen LogP contribution in [-0.2, 0) is 4.79 Å². The number of thioether (sulfide) groups is 1. The highest BCUT2D eigenvalue weighted by Crippen LogP contribution is 2.30. The van der Waals surface area contributed by atoms with Gasteiger partial charge in [-0.25, -0.2) is 0 Å². The van der Waals surface area contributed by atoms with Crippen molar-refractivity contribution in [3.8, 4) is 0 Å². The molecule has 0 aromatic carbocycles. The first-order chi connectivity index (χ1) is 6.95. The molecule has 0 spiro atoms. The average molecular weight is 294 g/mol. The van der Waals surface area contributed by atoms with Gasteiger partial charge in [-0.2, -0.15) is 11.8 Å². The van der Waals surface area contributed by atoms with Crippen molar-refractivity contribution in [3.05, 3.63) is 0 Å². The SMILES string of the molecule is CCSC1CCCC1NC(=O)C(C)(C)Br. The highest BCUT2D eigenvalue weighted by molar-refractivity contribution is 9.10. The van der Waals surface area contributed by atoms with E-state index in [0.29, 0.717) is 11.3 Å². The standard InChI is InChI=1S/C11H20BrNOS/c1-4-15-9-7-5-6-8(9)13-10(14)11(2,3)12/h8-9H,4-7H2,1-3H3,(H,13,14). The summed E-state index contributed by atoms with van der Waals surface area (Å²) >= 11 is 5.36. The average Bonchev–Trinajstić information content (AvgIpc) is 2.52. The minimum Gasteiger partial charge on any atom is -0.351 e. The lowest BCUT2D eigenvalue weighted by atomic mass is 10.1. The normalized spacial score (nSPS) is 26.7. The predicted molar refractivity (Wildman–Crippen MR) is 70.7 cm³/mol. The van der Waals surface area contributed by atoms with Crippen molar-refractivity contribution in [2.45, 2.75) is 55.6 Å². The molecule has 1 saturated carbocycles. The number of amides is 1. The van der Waals surface area contributed by atoms with Crippen LogP contribution in [-0.4, -0.2) is 27.3 Å². The van der Waals surface area contributed by atoms with Crippen LogP contribution in [0.4, 0.5) is 0 Å². The summed E-state index contributed by atoms with van der Waals surface area (Å²) in [6.45, 7) is 5.95. The molecule has 1 amide bonds. The number of hydrogen-bond acceptors (Lipinski definition) is 2. The van der Waals surface area contributed by atoms with Crippen molar-refractivity contribution in [3.63, 3.8) is 0 Å². The lowest BCUT2D eigenvalue weighted by Gasteiger charge is -2.24. The maximum atomic E-state index is 11.8. The molecule has 2 unspecified atom stereocenters. The van der Waals surface area contributed by atoms with Gasteiger partial charge in [0.2, 0.25) is 5.91 Å². The third-order valence-corrected chi connectivity index (χ3v) is 4.38. The van der Waals surface area contributed by atoms with Crippen molar-refractivity contribution in [1.82, 2.24) is 5.32 Å². The molecule has 2 nitrogen and oxygen atoms in total. The molecule has 0 saturated heterocycles. The first-order valence-electron chi connectivity index (χ1n) is 5.56. The molecular formula is C11H20BrNOS. The van der Waals surface area contributed by atoms with Gasteiger partial charge in [0.05, 0.1) is 4.32 Å². The van der Waals surface area contributed by atoms with E-state index in [2.05, 4.69) is 28.2 Å². The summed E-state index contributed by atoms with van der Waals surface area (Å²) in [5.74, 6) is 1.24. The van der Waals surface area contributed by atoms with E-state index < -0.39 is 4.32 Å².